The molecule has 1 fully saturated rings. The SMILES string of the molecule is CN(C(=O)c1cccc(O)c1)[C@@H]1CCCNC1.Cl. The first-order valence-electron chi connectivity index (χ1n) is 5.95. The molecule has 0 unspecified atom stereocenters. The van der Waals surface area contributed by atoms with Crippen molar-refractivity contribution in [2.75, 3.05) is 20.1 Å². The molecule has 2 N–H and O–H groups in total. The summed E-state index contributed by atoms with van der Waals surface area (Å²) in [5.74, 6) is 0.0978. The number of halogens is 1. The van der Waals surface area contributed by atoms with Crippen LogP contribution in [-0.2, 0) is 0 Å². The average molecular weight is 271 g/mol. The fourth-order valence-electron chi connectivity index (χ4n) is 2.17. The van der Waals surface area contributed by atoms with E-state index in [4.69, 9.17) is 0 Å². The first-order chi connectivity index (χ1) is 8.18. The summed E-state index contributed by atoms with van der Waals surface area (Å²) in [5.41, 5.74) is 0.540. The summed E-state index contributed by atoms with van der Waals surface area (Å²) in [6.45, 7) is 1.88. The second kappa shape index (κ2) is 6.61. The maximum Gasteiger partial charge on any atom is 0.254 e. The molecule has 18 heavy (non-hydrogen) atoms. The minimum atomic E-state index is -0.0328. The van der Waals surface area contributed by atoms with Crippen molar-refractivity contribution in [3.8, 4) is 5.75 Å². The van der Waals surface area contributed by atoms with E-state index in [2.05, 4.69) is 5.32 Å². The number of nitrogens with zero attached hydrogens (tertiary/aromatic N) is 1. The van der Waals surface area contributed by atoms with Crippen molar-refractivity contribution in [1.82, 2.24) is 10.2 Å². The molecule has 1 aliphatic heterocycles. The largest absolute Gasteiger partial charge is 0.508 e. The highest BCUT2D eigenvalue weighted by Crippen LogP contribution is 2.16. The zero-order valence-corrected chi connectivity index (χ0v) is 11.2. The number of amides is 1. The first kappa shape index (κ1) is 14.8. The summed E-state index contributed by atoms with van der Waals surface area (Å²) in [6, 6.07) is 6.75. The molecule has 4 nitrogen and oxygen atoms in total. The fraction of sp³-hybridized carbons (Fsp3) is 0.462. The van der Waals surface area contributed by atoms with Crippen molar-refractivity contribution >= 4 is 18.3 Å². The molecule has 1 aliphatic rings. The molecule has 0 radical (unpaired) electrons. The smallest absolute Gasteiger partial charge is 0.254 e. The topological polar surface area (TPSA) is 52.6 Å². The zero-order chi connectivity index (χ0) is 12.3. The number of hydrogen-bond acceptors (Lipinski definition) is 3. The van der Waals surface area contributed by atoms with Gasteiger partial charge >= 0.3 is 0 Å². The Hall–Kier alpha value is -1.26. The van der Waals surface area contributed by atoms with E-state index >= 15 is 0 Å². The van der Waals surface area contributed by atoms with Gasteiger partial charge in [-0.15, -0.1) is 12.4 Å². The Morgan fingerprint density at radius 2 is 2.28 bits per heavy atom. The van der Waals surface area contributed by atoms with Crippen LogP contribution in [0.5, 0.6) is 5.75 Å². The average Bonchev–Trinajstić information content (AvgIpc) is 2.38. The number of nitrogens with one attached hydrogen (secondary N) is 1. The summed E-state index contributed by atoms with van der Waals surface area (Å²) in [5, 5.41) is 12.7. The van der Waals surface area contributed by atoms with E-state index in [0.717, 1.165) is 25.9 Å². The lowest BCUT2D eigenvalue weighted by atomic mass is 10.1. The van der Waals surface area contributed by atoms with Gasteiger partial charge in [-0.25, -0.2) is 0 Å². The van der Waals surface area contributed by atoms with Gasteiger partial charge in [-0.3, -0.25) is 4.79 Å². The predicted molar refractivity (Wildman–Crippen MR) is 73.3 cm³/mol. The van der Waals surface area contributed by atoms with Gasteiger partial charge in [0.15, 0.2) is 0 Å². The molecule has 1 heterocycles. The molecule has 1 saturated heterocycles. The summed E-state index contributed by atoms with van der Waals surface area (Å²) >= 11 is 0. The van der Waals surface area contributed by atoms with Crippen molar-refractivity contribution in [1.29, 1.82) is 0 Å². The monoisotopic (exact) mass is 270 g/mol. The van der Waals surface area contributed by atoms with Crippen molar-refractivity contribution in [3.05, 3.63) is 29.8 Å². The van der Waals surface area contributed by atoms with Crippen LogP contribution >= 0.6 is 12.4 Å². The van der Waals surface area contributed by atoms with Crippen LogP contribution in [0.15, 0.2) is 24.3 Å². The molecule has 0 bridgehead atoms. The molecule has 1 aromatic carbocycles. The number of hydrogen-bond donors (Lipinski definition) is 2. The molecular weight excluding hydrogens is 252 g/mol. The Balaban J connectivity index is 0.00000162. The van der Waals surface area contributed by atoms with E-state index in [1.165, 1.54) is 6.07 Å². The van der Waals surface area contributed by atoms with Gasteiger partial charge in [0.05, 0.1) is 0 Å². The maximum atomic E-state index is 12.2. The van der Waals surface area contributed by atoms with Gasteiger partial charge in [0, 0.05) is 25.2 Å². The second-order valence-corrected chi connectivity index (χ2v) is 4.47. The van der Waals surface area contributed by atoms with E-state index in [1.807, 2.05) is 7.05 Å². The Morgan fingerprint density at radius 1 is 1.50 bits per heavy atom. The Kier molecular flexibility index (Phi) is 5.44. The summed E-state index contributed by atoms with van der Waals surface area (Å²) in [7, 11) is 1.82. The van der Waals surface area contributed by atoms with Gasteiger partial charge in [-0.05, 0) is 37.6 Å². The number of carbonyl (C=O) groups excluding carboxylic acids is 1. The summed E-state index contributed by atoms with van der Waals surface area (Å²) in [6.07, 6.45) is 2.14. The fourth-order valence-corrected chi connectivity index (χ4v) is 2.17. The van der Waals surface area contributed by atoms with Crippen molar-refractivity contribution in [2.24, 2.45) is 0 Å². The summed E-state index contributed by atoms with van der Waals surface area (Å²) < 4.78 is 0. The summed E-state index contributed by atoms with van der Waals surface area (Å²) in [4.78, 5) is 13.9. The highest BCUT2D eigenvalue weighted by atomic mass is 35.5. The van der Waals surface area contributed by atoms with Crippen LogP contribution in [-0.4, -0.2) is 42.1 Å². The standard InChI is InChI=1S/C13H18N2O2.ClH/c1-15(11-5-3-7-14-9-11)13(17)10-4-2-6-12(16)8-10;/h2,4,6,8,11,14,16H,3,5,7,9H2,1H3;1H/t11-;/m1./s1. The number of aromatic hydroxyl groups is 1. The number of likely N-dealkylation sites (N-methyl/N-ethyl adjacent to an activating group) is 1. The van der Waals surface area contributed by atoms with Gasteiger partial charge in [0.1, 0.15) is 5.75 Å². The number of benzene rings is 1. The lowest BCUT2D eigenvalue weighted by Crippen LogP contribution is -2.46. The Labute approximate surface area is 113 Å². The van der Waals surface area contributed by atoms with Crippen LogP contribution in [0.3, 0.4) is 0 Å². The quantitative estimate of drug-likeness (QED) is 0.859. The first-order valence-corrected chi connectivity index (χ1v) is 5.95. The van der Waals surface area contributed by atoms with Crippen molar-refractivity contribution in [2.45, 2.75) is 18.9 Å². The number of rotatable bonds is 2. The molecule has 0 saturated carbocycles. The minimum absolute atomic E-state index is 0. The molecule has 5 heteroatoms. The number of piperidine rings is 1. The highest BCUT2D eigenvalue weighted by Gasteiger charge is 2.22. The second-order valence-electron chi connectivity index (χ2n) is 4.47. The molecule has 0 aliphatic carbocycles. The predicted octanol–water partition coefficient (Wildman–Crippen LogP) is 1.64. The molecule has 0 spiro atoms. The third-order valence-corrected chi connectivity index (χ3v) is 3.23. The minimum Gasteiger partial charge on any atom is -0.508 e. The molecule has 1 aromatic rings. The highest BCUT2D eigenvalue weighted by molar-refractivity contribution is 5.94. The van der Waals surface area contributed by atoms with Crippen LogP contribution < -0.4 is 5.32 Å². The van der Waals surface area contributed by atoms with Crippen molar-refractivity contribution in [3.63, 3.8) is 0 Å². The van der Waals surface area contributed by atoms with E-state index in [1.54, 1.807) is 23.1 Å². The normalized spacial score (nSPS) is 18.8. The molecule has 0 aromatic heterocycles. The molecular formula is C13H19ClN2O2. The van der Waals surface area contributed by atoms with Crippen LogP contribution in [0.1, 0.15) is 23.2 Å². The van der Waals surface area contributed by atoms with Gasteiger partial charge in [-0.2, -0.15) is 0 Å². The Morgan fingerprint density at radius 3 is 2.89 bits per heavy atom. The Bertz CT molecular complexity index is 406. The van der Waals surface area contributed by atoms with Gasteiger partial charge in [0.2, 0.25) is 0 Å². The third kappa shape index (κ3) is 3.37. The maximum absolute atomic E-state index is 12.2. The van der Waals surface area contributed by atoms with Gasteiger partial charge in [-0.1, -0.05) is 6.07 Å². The number of phenols is 1. The van der Waals surface area contributed by atoms with Gasteiger partial charge in [0.25, 0.3) is 5.91 Å². The van der Waals surface area contributed by atoms with E-state index < -0.39 is 0 Å². The lowest BCUT2D eigenvalue weighted by Gasteiger charge is -2.31. The zero-order valence-electron chi connectivity index (χ0n) is 10.4. The van der Waals surface area contributed by atoms with E-state index in [9.17, 15) is 9.90 Å². The molecule has 1 atom stereocenters. The van der Waals surface area contributed by atoms with Gasteiger partial charge < -0.3 is 15.3 Å². The molecule has 2 rings (SSSR count). The van der Waals surface area contributed by atoms with Crippen molar-refractivity contribution < 1.29 is 9.90 Å². The van der Waals surface area contributed by atoms with Crippen LogP contribution in [0, 0.1) is 0 Å². The van der Waals surface area contributed by atoms with E-state index in [0.29, 0.717) is 5.56 Å². The number of phenolic OH excluding ortho intramolecular Hbond substituents is 1. The third-order valence-electron chi connectivity index (χ3n) is 3.23. The van der Waals surface area contributed by atoms with Crippen LogP contribution in [0.25, 0.3) is 0 Å². The lowest BCUT2D eigenvalue weighted by molar-refractivity contribution is 0.0708. The van der Waals surface area contributed by atoms with Crippen LogP contribution in [0.2, 0.25) is 0 Å². The molecule has 100 valence electrons. The molecule has 1 amide bonds. The van der Waals surface area contributed by atoms with Crippen LogP contribution in [0.4, 0.5) is 0 Å². The van der Waals surface area contributed by atoms with E-state index in [-0.39, 0.29) is 30.1 Å². The number of carbonyl (C=O) groups is 1.